The predicted molar refractivity (Wildman–Crippen MR) is 98.6 cm³/mol. The molecule has 5 nitrogen and oxygen atoms in total. The summed E-state index contributed by atoms with van der Waals surface area (Å²) in [6.07, 6.45) is 0.931. The average molecular weight is 350 g/mol. The second-order valence-corrected chi connectivity index (χ2v) is 6.26. The van der Waals surface area contributed by atoms with Gasteiger partial charge in [0.25, 0.3) is 0 Å². The topological polar surface area (TPSA) is 69.2 Å². The fourth-order valence-electron chi connectivity index (χ4n) is 2.39. The number of carbonyl (C=O) groups is 2. The van der Waals surface area contributed by atoms with E-state index in [0.717, 1.165) is 11.1 Å². The highest BCUT2D eigenvalue weighted by molar-refractivity contribution is 5.97. The number of ether oxygens (including phenoxy) is 1. The van der Waals surface area contributed by atoms with Gasteiger partial charge in [-0.15, -0.1) is 10.2 Å². The molecule has 1 aromatic heterocycles. The summed E-state index contributed by atoms with van der Waals surface area (Å²) in [5, 5.41) is 7.93. The van der Waals surface area contributed by atoms with Gasteiger partial charge in [-0.2, -0.15) is 0 Å². The maximum atomic E-state index is 12.1. The molecule has 5 heteroatoms. The number of benzene rings is 1. The van der Waals surface area contributed by atoms with Crippen LogP contribution in [0.5, 0.6) is 0 Å². The van der Waals surface area contributed by atoms with E-state index in [2.05, 4.69) is 35.9 Å². The smallest absolute Gasteiger partial charge is 0.358 e. The Morgan fingerprint density at radius 1 is 1.15 bits per heavy atom. The summed E-state index contributed by atoms with van der Waals surface area (Å²) >= 11 is 0. The van der Waals surface area contributed by atoms with Crippen molar-refractivity contribution in [3.8, 4) is 11.8 Å². The van der Waals surface area contributed by atoms with Crippen LogP contribution in [0.1, 0.15) is 48.1 Å². The Morgan fingerprint density at radius 3 is 2.54 bits per heavy atom. The fourth-order valence-corrected chi connectivity index (χ4v) is 2.39. The van der Waals surface area contributed by atoms with Crippen molar-refractivity contribution in [2.45, 2.75) is 33.6 Å². The van der Waals surface area contributed by atoms with Crippen molar-refractivity contribution in [3.05, 3.63) is 58.9 Å². The van der Waals surface area contributed by atoms with Crippen LogP contribution in [0.2, 0.25) is 0 Å². The SMILES string of the molecule is CCOC(=O)c1cc(CC(C)C)c(C#CC(=O)Cc2ccccc2)nn1. The van der Waals surface area contributed by atoms with Crippen LogP contribution in [-0.4, -0.2) is 28.6 Å². The number of nitrogens with zero attached hydrogens (tertiary/aromatic N) is 2. The molecule has 0 unspecified atom stereocenters. The van der Waals surface area contributed by atoms with E-state index in [-0.39, 0.29) is 24.5 Å². The third-order valence-corrected chi connectivity index (χ3v) is 3.51. The molecule has 0 saturated heterocycles. The standard InChI is InChI=1S/C21H22N2O3/c1-4-26-21(25)20-14-17(12-15(2)3)19(22-23-20)11-10-18(24)13-16-8-6-5-7-9-16/h5-9,14-15H,4,12-13H2,1-3H3. The molecule has 0 amide bonds. The van der Waals surface area contributed by atoms with Gasteiger partial charge < -0.3 is 4.74 Å². The van der Waals surface area contributed by atoms with E-state index in [9.17, 15) is 9.59 Å². The number of hydrogen-bond acceptors (Lipinski definition) is 5. The highest BCUT2D eigenvalue weighted by atomic mass is 16.5. The van der Waals surface area contributed by atoms with E-state index in [1.54, 1.807) is 13.0 Å². The third-order valence-electron chi connectivity index (χ3n) is 3.51. The van der Waals surface area contributed by atoms with Crippen molar-refractivity contribution >= 4 is 11.8 Å². The molecule has 0 spiro atoms. The second-order valence-electron chi connectivity index (χ2n) is 6.26. The van der Waals surface area contributed by atoms with Crippen molar-refractivity contribution in [1.29, 1.82) is 0 Å². The van der Waals surface area contributed by atoms with Gasteiger partial charge in [0.1, 0.15) is 5.69 Å². The van der Waals surface area contributed by atoms with Gasteiger partial charge in [0.05, 0.1) is 6.61 Å². The summed E-state index contributed by atoms with van der Waals surface area (Å²) in [4.78, 5) is 23.9. The van der Waals surface area contributed by atoms with Crippen molar-refractivity contribution < 1.29 is 14.3 Å². The summed E-state index contributed by atoms with van der Waals surface area (Å²) in [5.74, 6) is 5.08. The summed E-state index contributed by atoms with van der Waals surface area (Å²) in [6.45, 7) is 6.12. The van der Waals surface area contributed by atoms with E-state index < -0.39 is 5.97 Å². The molecule has 1 heterocycles. The van der Waals surface area contributed by atoms with Crippen LogP contribution in [0.3, 0.4) is 0 Å². The van der Waals surface area contributed by atoms with E-state index in [4.69, 9.17) is 4.74 Å². The minimum absolute atomic E-state index is 0.156. The van der Waals surface area contributed by atoms with Crippen molar-refractivity contribution in [2.24, 2.45) is 5.92 Å². The van der Waals surface area contributed by atoms with Gasteiger partial charge in [0.2, 0.25) is 5.78 Å². The van der Waals surface area contributed by atoms with Crippen LogP contribution in [-0.2, 0) is 22.4 Å². The van der Waals surface area contributed by atoms with Crippen LogP contribution < -0.4 is 0 Å². The minimum atomic E-state index is -0.510. The lowest BCUT2D eigenvalue weighted by molar-refractivity contribution is -0.113. The summed E-state index contributed by atoms with van der Waals surface area (Å²) < 4.78 is 4.96. The molecule has 0 atom stereocenters. The summed E-state index contributed by atoms with van der Waals surface area (Å²) in [5.41, 5.74) is 2.29. The number of esters is 1. The van der Waals surface area contributed by atoms with Crippen LogP contribution in [0, 0.1) is 17.8 Å². The molecular formula is C21H22N2O3. The lowest BCUT2D eigenvalue weighted by Crippen LogP contribution is -2.11. The highest BCUT2D eigenvalue weighted by Crippen LogP contribution is 2.13. The molecule has 2 rings (SSSR count). The zero-order valence-corrected chi connectivity index (χ0v) is 15.3. The largest absolute Gasteiger partial charge is 0.461 e. The Kier molecular flexibility index (Phi) is 7.04. The van der Waals surface area contributed by atoms with E-state index in [1.807, 2.05) is 30.3 Å². The van der Waals surface area contributed by atoms with E-state index >= 15 is 0 Å². The van der Waals surface area contributed by atoms with Gasteiger partial charge in [-0.1, -0.05) is 44.2 Å². The number of Topliss-reactive ketones (excluding diaryl/α,β-unsaturated/α-hetero) is 1. The summed E-state index contributed by atoms with van der Waals surface area (Å²) in [7, 11) is 0. The molecule has 0 aliphatic carbocycles. The first kappa shape index (κ1) is 19.3. The van der Waals surface area contributed by atoms with E-state index in [1.165, 1.54) is 0 Å². The van der Waals surface area contributed by atoms with Gasteiger partial charge in [-0.3, -0.25) is 4.79 Å². The molecule has 26 heavy (non-hydrogen) atoms. The zero-order chi connectivity index (χ0) is 18.9. The Morgan fingerprint density at radius 2 is 1.88 bits per heavy atom. The van der Waals surface area contributed by atoms with Crippen LogP contribution in [0.25, 0.3) is 0 Å². The lowest BCUT2D eigenvalue weighted by Gasteiger charge is -2.08. The number of hydrogen-bond donors (Lipinski definition) is 0. The Hall–Kier alpha value is -3.00. The first-order valence-electron chi connectivity index (χ1n) is 8.62. The fraction of sp³-hybridized carbons (Fsp3) is 0.333. The minimum Gasteiger partial charge on any atom is -0.461 e. The molecule has 0 aliphatic heterocycles. The molecule has 0 bridgehead atoms. The van der Waals surface area contributed by atoms with Crippen molar-refractivity contribution in [3.63, 3.8) is 0 Å². The van der Waals surface area contributed by atoms with Gasteiger partial charge in [0.15, 0.2) is 5.69 Å². The third kappa shape index (κ3) is 5.82. The quantitative estimate of drug-likeness (QED) is 0.592. The second kappa shape index (κ2) is 9.47. The number of rotatable bonds is 6. The molecule has 0 saturated carbocycles. The highest BCUT2D eigenvalue weighted by Gasteiger charge is 2.14. The maximum absolute atomic E-state index is 12.1. The zero-order valence-electron chi connectivity index (χ0n) is 15.3. The van der Waals surface area contributed by atoms with Gasteiger partial charge in [0, 0.05) is 6.42 Å². The van der Waals surface area contributed by atoms with Gasteiger partial charge >= 0.3 is 5.97 Å². The molecular weight excluding hydrogens is 328 g/mol. The van der Waals surface area contributed by atoms with Crippen LogP contribution >= 0.6 is 0 Å². The molecule has 0 radical (unpaired) electrons. The van der Waals surface area contributed by atoms with Crippen LogP contribution in [0.15, 0.2) is 36.4 Å². The normalized spacial score (nSPS) is 10.2. The monoisotopic (exact) mass is 350 g/mol. The molecule has 0 aliphatic rings. The van der Waals surface area contributed by atoms with E-state index in [0.29, 0.717) is 18.0 Å². The number of carbonyl (C=O) groups excluding carboxylic acids is 2. The molecule has 0 N–H and O–H groups in total. The first-order valence-corrected chi connectivity index (χ1v) is 8.62. The molecule has 134 valence electrons. The Balaban J connectivity index is 2.22. The van der Waals surface area contributed by atoms with Crippen LogP contribution in [0.4, 0.5) is 0 Å². The first-order chi connectivity index (χ1) is 12.5. The number of aromatic nitrogens is 2. The molecule has 1 aromatic carbocycles. The van der Waals surface area contributed by atoms with Gasteiger partial charge in [-0.05, 0) is 48.3 Å². The lowest BCUT2D eigenvalue weighted by atomic mass is 10.0. The number of ketones is 1. The Labute approximate surface area is 153 Å². The molecule has 0 fully saturated rings. The van der Waals surface area contributed by atoms with Crippen molar-refractivity contribution in [2.75, 3.05) is 6.61 Å². The molecule has 2 aromatic rings. The average Bonchev–Trinajstić information content (AvgIpc) is 2.61. The summed E-state index contributed by atoms with van der Waals surface area (Å²) in [6, 6.07) is 11.1. The van der Waals surface area contributed by atoms with Crippen molar-refractivity contribution in [1.82, 2.24) is 10.2 Å². The Bertz CT molecular complexity index is 833. The predicted octanol–water partition coefficient (Wildman–Crippen LogP) is 3.02. The maximum Gasteiger partial charge on any atom is 0.358 e. The van der Waals surface area contributed by atoms with Gasteiger partial charge in [-0.25, -0.2) is 4.79 Å².